The second kappa shape index (κ2) is 8.89. The number of carbonyl (C=O) groups is 1. The van der Waals surface area contributed by atoms with Crippen LogP contribution < -0.4 is 16.0 Å². The topological polar surface area (TPSA) is 58.4 Å². The quantitative estimate of drug-likeness (QED) is 0.568. The number of anilines is 1. The summed E-state index contributed by atoms with van der Waals surface area (Å²) >= 11 is 6.89. The van der Waals surface area contributed by atoms with Crippen LogP contribution in [0.2, 0.25) is 0 Å². The number of hydrogen-bond donors (Lipinski definition) is 2. The van der Waals surface area contributed by atoms with E-state index in [1.165, 1.54) is 0 Å². The number of nitrogens with one attached hydrogen (secondary N) is 1. The SMILES string of the molecule is CCCNC(=O)CN(C)c1cccc(SCC)c1C(N)=S. The molecule has 0 spiro atoms. The maximum Gasteiger partial charge on any atom is 0.239 e. The molecular weight excluding hydrogens is 302 g/mol. The van der Waals surface area contributed by atoms with Gasteiger partial charge >= 0.3 is 0 Å². The molecule has 1 rings (SSSR count). The second-order valence-electron chi connectivity index (χ2n) is 4.65. The smallest absolute Gasteiger partial charge is 0.239 e. The molecule has 0 saturated carbocycles. The van der Waals surface area contributed by atoms with Crippen LogP contribution >= 0.6 is 24.0 Å². The molecule has 0 aliphatic rings. The van der Waals surface area contributed by atoms with E-state index >= 15 is 0 Å². The van der Waals surface area contributed by atoms with Gasteiger partial charge in [-0.1, -0.05) is 32.1 Å². The molecule has 0 aliphatic carbocycles. The van der Waals surface area contributed by atoms with Gasteiger partial charge in [0, 0.05) is 29.7 Å². The van der Waals surface area contributed by atoms with Crippen molar-refractivity contribution in [3.8, 4) is 0 Å². The first kappa shape index (κ1) is 17.8. The Hall–Kier alpha value is -1.27. The summed E-state index contributed by atoms with van der Waals surface area (Å²) in [4.78, 5) is 15.2. The van der Waals surface area contributed by atoms with Crippen LogP contribution in [0.4, 0.5) is 5.69 Å². The number of nitrogens with zero attached hydrogens (tertiary/aromatic N) is 1. The fourth-order valence-electron chi connectivity index (χ4n) is 1.98. The van der Waals surface area contributed by atoms with E-state index in [-0.39, 0.29) is 12.5 Å². The van der Waals surface area contributed by atoms with E-state index in [0.717, 1.165) is 28.3 Å². The average Bonchev–Trinajstić information content (AvgIpc) is 2.44. The average molecular weight is 326 g/mol. The normalized spacial score (nSPS) is 10.2. The summed E-state index contributed by atoms with van der Waals surface area (Å²) in [7, 11) is 1.88. The summed E-state index contributed by atoms with van der Waals surface area (Å²) in [5, 5.41) is 2.87. The van der Waals surface area contributed by atoms with Crippen molar-refractivity contribution < 1.29 is 4.79 Å². The number of carbonyl (C=O) groups excluding carboxylic acids is 1. The Kier molecular flexibility index (Phi) is 7.53. The fraction of sp³-hybridized carbons (Fsp3) is 0.467. The number of thiocarbonyl (C=S) groups is 1. The Morgan fingerprint density at radius 3 is 2.71 bits per heavy atom. The van der Waals surface area contributed by atoms with Crippen molar-refractivity contribution in [2.75, 3.05) is 30.8 Å². The second-order valence-corrected chi connectivity index (χ2v) is 6.40. The zero-order chi connectivity index (χ0) is 15.8. The number of hydrogen-bond acceptors (Lipinski definition) is 4. The van der Waals surface area contributed by atoms with Gasteiger partial charge in [0.25, 0.3) is 0 Å². The first-order valence-electron chi connectivity index (χ1n) is 7.04. The third-order valence-electron chi connectivity index (χ3n) is 2.91. The predicted molar refractivity (Wildman–Crippen MR) is 95.3 cm³/mol. The predicted octanol–water partition coefficient (Wildman–Crippen LogP) is 2.40. The molecule has 116 valence electrons. The largest absolute Gasteiger partial charge is 0.389 e. The van der Waals surface area contributed by atoms with Gasteiger partial charge in [0.05, 0.1) is 6.54 Å². The van der Waals surface area contributed by atoms with Gasteiger partial charge in [-0.3, -0.25) is 4.79 Å². The molecule has 0 fully saturated rings. The van der Waals surface area contributed by atoms with Crippen LogP contribution in [0.5, 0.6) is 0 Å². The van der Waals surface area contributed by atoms with Crippen molar-refractivity contribution in [1.82, 2.24) is 5.32 Å². The van der Waals surface area contributed by atoms with Gasteiger partial charge in [-0.15, -0.1) is 11.8 Å². The number of amides is 1. The van der Waals surface area contributed by atoms with Crippen LogP contribution in [0.25, 0.3) is 0 Å². The van der Waals surface area contributed by atoms with Crippen molar-refractivity contribution in [2.24, 2.45) is 5.73 Å². The summed E-state index contributed by atoms with van der Waals surface area (Å²) in [6.45, 7) is 5.10. The van der Waals surface area contributed by atoms with Crippen molar-refractivity contribution in [3.05, 3.63) is 23.8 Å². The minimum absolute atomic E-state index is 0.00166. The standard InChI is InChI=1S/C15H23N3OS2/c1-4-9-17-13(19)10-18(3)11-7-6-8-12(21-5-2)14(11)15(16)20/h6-8H,4-5,9-10H2,1-3H3,(H2,16,20)(H,17,19). The molecule has 21 heavy (non-hydrogen) atoms. The van der Waals surface area contributed by atoms with E-state index in [0.29, 0.717) is 11.5 Å². The van der Waals surface area contributed by atoms with Gasteiger partial charge in [-0.25, -0.2) is 0 Å². The fourth-order valence-corrected chi connectivity index (χ4v) is 3.11. The van der Waals surface area contributed by atoms with Gasteiger partial charge < -0.3 is 16.0 Å². The molecule has 0 saturated heterocycles. The first-order chi connectivity index (χ1) is 10.0. The molecule has 0 bridgehead atoms. The molecule has 1 aromatic rings. The summed E-state index contributed by atoms with van der Waals surface area (Å²) in [5.74, 6) is 0.946. The van der Waals surface area contributed by atoms with Gasteiger partial charge in [0.15, 0.2) is 0 Å². The summed E-state index contributed by atoms with van der Waals surface area (Å²) in [5.41, 5.74) is 7.63. The van der Waals surface area contributed by atoms with Crippen LogP contribution in [0.3, 0.4) is 0 Å². The minimum atomic E-state index is 0.00166. The molecule has 3 N–H and O–H groups in total. The van der Waals surface area contributed by atoms with Crippen molar-refractivity contribution in [3.63, 3.8) is 0 Å². The van der Waals surface area contributed by atoms with Gasteiger partial charge in [0.1, 0.15) is 4.99 Å². The van der Waals surface area contributed by atoms with E-state index in [2.05, 4.69) is 12.2 Å². The molecule has 0 aliphatic heterocycles. The van der Waals surface area contributed by atoms with Crippen molar-refractivity contribution >= 4 is 40.6 Å². The maximum atomic E-state index is 11.9. The minimum Gasteiger partial charge on any atom is -0.389 e. The van der Waals surface area contributed by atoms with E-state index in [9.17, 15) is 4.79 Å². The van der Waals surface area contributed by atoms with Crippen molar-refractivity contribution in [2.45, 2.75) is 25.2 Å². The molecule has 0 heterocycles. The number of benzene rings is 1. The Balaban J connectivity index is 2.97. The van der Waals surface area contributed by atoms with Crippen LogP contribution in [0.15, 0.2) is 23.1 Å². The Bertz CT molecular complexity index is 506. The molecule has 1 aromatic carbocycles. The number of rotatable bonds is 8. The summed E-state index contributed by atoms with van der Waals surface area (Å²) in [6.07, 6.45) is 0.927. The van der Waals surface area contributed by atoms with E-state index in [4.69, 9.17) is 18.0 Å². The lowest BCUT2D eigenvalue weighted by Crippen LogP contribution is -2.36. The first-order valence-corrected chi connectivity index (χ1v) is 8.44. The number of likely N-dealkylation sites (N-methyl/N-ethyl adjacent to an activating group) is 1. The van der Waals surface area contributed by atoms with Gasteiger partial charge in [0.2, 0.25) is 5.91 Å². The number of nitrogens with two attached hydrogens (primary N) is 1. The molecule has 0 atom stereocenters. The van der Waals surface area contributed by atoms with Crippen LogP contribution in [0, 0.1) is 0 Å². The lowest BCUT2D eigenvalue weighted by Gasteiger charge is -2.23. The van der Waals surface area contributed by atoms with Gasteiger partial charge in [-0.2, -0.15) is 0 Å². The zero-order valence-electron chi connectivity index (χ0n) is 12.8. The van der Waals surface area contributed by atoms with Crippen molar-refractivity contribution in [1.29, 1.82) is 0 Å². The van der Waals surface area contributed by atoms with E-state index in [1.54, 1.807) is 11.8 Å². The highest BCUT2D eigenvalue weighted by atomic mass is 32.2. The Labute approximate surface area is 136 Å². The molecular formula is C15H23N3OS2. The molecule has 1 amide bonds. The molecule has 4 nitrogen and oxygen atoms in total. The highest BCUT2D eigenvalue weighted by Gasteiger charge is 2.16. The molecule has 0 unspecified atom stereocenters. The summed E-state index contributed by atoms with van der Waals surface area (Å²) < 4.78 is 0. The molecule has 0 aromatic heterocycles. The van der Waals surface area contributed by atoms with E-state index < -0.39 is 0 Å². The Morgan fingerprint density at radius 2 is 2.14 bits per heavy atom. The Morgan fingerprint density at radius 1 is 1.43 bits per heavy atom. The third kappa shape index (κ3) is 5.21. The van der Waals surface area contributed by atoms with Crippen LogP contribution in [-0.2, 0) is 4.79 Å². The zero-order valence-corrected chi connectivity index (χ0v) is 14.4. The number of thioether (sulfide) groups is 1. The van der Waals surface area contributed by atoms with Crippen LogP contribution in [-0.4, -0.2) is 36.8 Å². The lowest BCUT2D eigenvalue weighted by atomic mass is 10.1. The van der Waals surface area contributed by atoms with E-state index in [1.807, 2.05) is 37.1 Å². The molecule has 6 heteroatoms. The third-order valence-corrected chi connectivity index (χ3v) is 4.06. The monoisotopic (exact) mass is 325 g/mol. The van der Waals surface area contributed by atoms with Crippen LogP contribution in [0.1, 0.15) is 25.8 Å². The highest BCUT2D eigenvalue weighted by Crippen LogP contribution is 2.30. The highest BCUT2D eigenvalue weighted by molar-refractivity contribution is 7.99. The molecule has 0 radical (unpaired) electrons. The lowest BCUT2D eigenvalue weighted by molar-refractivity contribution is -0.119. The van der Waals surface area contributed by atoms with Gasteiger partial charge in [-0.05, 0) is 24.3 Å². The summed E-state index contributed by atoms with van der Waals surface area (Å²) in [6, 6.07) is 5.92. The maximum absolute atomic E-state index is 11.9.